The number of pyridine rings is 3. The normalized spacial score (nSPS) is 12.7. The minimum Gasteiger partial charge on any atom is -0.487 e. The van der Waals surface area contributed by atoms with E-state index in [1.807, 2.05) is 77.1 Å². The number of nitrogens with zero attached hydrogens (tertiary/aromatic N) is 12. The van der Waals surface area contributed by atoms with Crippen molar-refractivity contribution in [3.63, 3.8) is 0 Å². The van der Waals surface area contributed by atoms with E-state index in [2.05, 4.69) is 61.2 Å². The lowest BCUT2D eigenvalue weighted by Gasteiger charge is -2.20. The van der Waals surface area contributed by atoms with Crippen LogP contribution in [0.15, 0.2) is 128 Å². The van der Waals surface area contributed by atoms with Gasteiger partial charge in [0.2, 0.25) is 11.8 Å². The van der Waals surface area contributed by atoms with Crippen molar-refractivity contribution < 1.29 is 72.5 Å². The number of para-hydroxylation sites is 3. The van der Waals surface area contributed by atoms with Crippen LogP contribution in [0.1, 0.15) is 121 Å². The van der Waals surface area contributed by atoms with Crippen molar-refractivity contribution in [2.75, 3.05) is 0 Å². The minimum absolute atomic E-state index is 0.00947. The van der Waals surface area contributed by atoms with Gasteiger partial charge >= 0.3 is 12.4 Å². The van der Waals surface area contributed by atoms with Gasteiger partial charge in [0.05, 0.1) is 44.6 Å². The summed E-state index contributed by atoms with van der Waals surface area (Å²) in [7, 11) is 1.77. The van der Waals surface area contributed by atoms with Gasteiger partial charge in [-0.05, 0) is 152 Å². The molecule has 6 aromatic heterocycles. The summed E-state index contributed by atoms with van der Waals surface area (Å²) in [6, 6.07) is 26.1. The van der Waals surface area contributed by atoms with Crippen molar-refractivity contribution in [2.24, 2.45) is 7.05 Å². The first kappa shape index (κ1) is 80.5. The van der Waals surface area contributed by atoms with Crippen molar-refractivity contribution >= 4 is 85.2 Å². The van der Waals surface area contributed by atoms with Crippen LogP contribution in [0.5, 0.6) is 17.2 Å². The maximum Gasteiger partial charge on any atom is 0.397 e. The van der Waals surface area contributed by atoms with Crippen molar-refractivity contribution in [1.82, 2.24) is 75.2 Å². The second-order valence-electron chi connectivity index (χ2n) is 25.2. The molecule has 0 radical (unpaired) electrons. The summed E-state index contributed by atoms with van der Waals surface area (Å²) in [6.07, 6.45) is -9.96. The van der Waals surface area contributed by atoms with E-state index < -0.39 is 84.7 Å². The first-order valence-electron chi connectivity index (χ1n) is 33.3. The Labute approximate surface area is 631 Å². The van der Waals surface area contributed by atoms with Gasteiger partial charge in [-0.25, -0.2) is 61.5 Å². The fourth-order valence-electron chi connectivity index (χ4n) is 12.0. The molecule has 12 aromatic rings. The Balaban J connectivity index is 0.000000174. The minimum atomic E-state index is -4.67. The predicted octanol–water partition coefficient (Wildman–Crippen LogP) is 17.1. The highest BCUT2D eigenvalue weighted by Crippen LogP contribution is 2.38. The van der Waals surface area contributed by atoms with Crippen LogP contribution in [0.4, 0.5) is 43.9 Å². The van der Waals surface area contributed by atoms with Gasteiger partial charge in [-0.15, -0.1) is 0 Å². The predicted molar refractivity (Wildman–Crippen MR) is 388 cm³/mol. The topological polar surface area (TPSA) is 246 Å². The average Bonchev–Trinajstić information content (AvgIpc) is 1.75. The fourth-order valence-corrected chi connectivity index (χ4v) is 12.8. The molecule has 0 fully saturated rings. The Morgan fingerprint density at radius 3 is 1.17 bits per heavy atom. The molecule has 34 heteroatoms. The van der Waals surface area contributed by atoms with Gasteiger partial charge < -0.3 is 30.2 Å². The van der Waals surface area contributed by atoms with Crippen LogP contribution in [0.2, 0.25) is 15.1 Å². The van der Waals surface area contributed by atoms with Crippen LogP contribution in [0, 0.1) is 52.1 Å². The van der Waals surface area contributed by atoms with Crippen molar-refractivity contribution in [3.05, 3.63) is 223 Å². The first-order valence-corrected chi connectivity index (χ1v) is 34.4. The summed E-state index contributed by atoms with van der Waals surface area (Å²) in [4.78, 5) is 62.1. The molecule has 0 aliphatic rings. The van der Waals surface area contributed by atoms with E-state index in [1.54, 1.807) is 58.3 Å². The molecular weight excluding hydrogens is 1500 g/mol. The van der Waals surface area contributed by atoms with Crippen molar-refractivity contribution in [1.29, 1.82) is 0 Å². The zero-order valence-corrected chi connectivity index (χ0v) is 62.0. The molecular formula is C75H68Cl3F10N15O6. The number of rotatable bonds is 21. The number of aryl methyl sites for hydroxylation is 6. The maximum atomic E-state index is 14.2. The lowest BCUT2D eigenvalue weighted by molar-refractivity contribution is -0.156. The summed E-state index contributed by atoms with van der Waals surface area (Å²) in [5, 5.41) is 22.2. The zero-order valence-electron chi connectivity index (χ0n) is 59.7. The molecule has 12 rings (SSSR count). The number of benzene rings is 6. The van der Waals surface area contributed by atoms with Crippen molar-refractivity contribution in [3.8, 4) is 40.0 Å². The number of aromatic nitrogens is 12. The second kappa shape index (κ2) is 34.0. The number of fused-ring (bicyclic) bond motifs is 3. The monoisotopic (exact) mass is 1570 g/mol. The molecule has 0 spiro atoms. The zero-order chi connectivity index (χ0) is 79.1. The second-order valence-corrected chi connectivity index (χ2v) is 26.4. The molecule has 3 amide bonds. The molecule has 6 heterocycles. The molecule has 0 aliphatic heterocycles. The molecule has 6 aromatic carbocycles. The number of halogens is 13. The number of hydrogen-bond donors (Lipinski definition) is 3. The summed E-state index contributed by atoms with van der Waals surface area (Å²) >= 11 is 18.9. The van der Waals surface area contributed by atoms with E-state index in [1.165, 1.54) is 45.0 Å². The number of nitrogens with one attached hydrogen (secondary N) is 3. The molecule has 4 atom stereocenters. The highest BCUT2D eigenvalue weighted by Gasteiger charge is 2.34. The van der Waals surface area contributed by atoms with Crippen molar-refractivity contribution in [2.45, 2.75) is 132 Å². The van der Waals surface area contributed by atoms with E-state index in [0.29, 0.717) is 79.1 Å². The lowest BCUT2D eigenvalue weighted by atomic mass is 10.0. The van der Waals surface area contributed by atoms with Crippen LogP contribution in [-0.4, -0.2) is 95.5 Å². The number of carbonyl (C=O) groups is 3. The molecule has 0 saturated heterocycles. The number of hydrogen-bond acceptors (Lipinski definition) is 15. The maximum absolute atomic E-state index is 14.2. The molecule has 570 valence electrons. The molecule has 0 saturated carbocycles. The highest BCUT2D eigenvalue weighted by molar-refractivity contribution is 6.32. The fraction of sp³-hybridized carbons (Fsp3) is 0.280. The van der Waals surface area contributed by atoms with E-state index >= 15 is 0 Å². The number of ether oxygens (including phenoxy) is 3. The number of carbonyl (C=O) groups excluding carboxylic acids is 3. The van der Waals surface area contributed by atoms with Crippen LogP contribution in [-0.2, 0) is 41.3 Å². The molecule has 109 heavy (non-hydrogen) atoms. The summed E-state index contributed by atoms with van der Waals surface area (Å²) < 4.78 is 155. The third-order valence-electron chi connectivity index (χ3n) is 16.9. The lowest BCUT2D eigenvalue weighted by Crippen LogP contribution is -2.33. The largest absolute Gasteiger partial charge is 0.487 e. The Hall–Kier alpha value is -11.1. The van der Waals surface area contributed by atoms with E-state index in [-0.39, 0.29) is 46.0 Å². The third kappa shape index (κ3) is 19.8. The Morgan fingerprint density at radius 1 is 0.477 bits per heavy atom. The van der Waals surface area contributed by atoms with Crippen LogP contribution in [0.3, 0.4) is 0 Å². The van der Waals surface area contributed by atoms with E-state index in [0.717, 1.165) is 75.8 Å². The van der Waals surface area contributed by atoms with Crippen LogP contribution in [0.25, 0.3) is 55.5 Å². The van der Waals surface area contributed by atoms with Gasteiger partial charge in [-0.1, -0.05) is 71.2 Å². The number of amides is 3. The standard InChI is InChI=1S/2C25H22ClF4N5O2.C25H24ClF2N5O2/c1-13-7-18(24-31-12-32-35(24)3)16-5-4-6-21(23(16)33-13)37-11-19-17(8-15(27)9-20(19)26)14(2)34-22(36)10-25(28,29)30;1-13-7-21(35-15(3)31-12-32-35)17-5-4-6-22(24(17)33-13)37-11-19-18(8-16(27)9-20(19)26)14(2)34-23(36)10-25(28,29)30;1-13-8-22(33-16(4)29-12-30-33)18-6-5-7-23(24(18)31-13)35-11-20-19(9-17(28)10-21(20)26)15(3)32-25(34)14(2)27/h2*4-9,12,14H,10-11H2,1-3H3,(H,34,36);5-10,12,14-15H,11H2,1-4H3,(H,32,34)/t2*14-;14?,15-/m000/s1. The van der Waals surface area contributed by atoms with Crippen LogP contribution >= 0.6 is 34.8 Å². The Kier molecular flexibility index (Phi) is 25.1. The van der Waals surface area contributed by atoms with Gasteiger partial charge in [-0.3, -0.25) is 14.4 Å². The third-order valence-corrected chi connectivity index (χ3v) is 17.9. The molecule has 0 bridgehead atoms. The number of alkyl halides is 7. The van der Waals surface area contributed by atoms with Gasteiger partial charge in [0.1, 0.15) is 115 Å². The van der Waals surface area contributed by atoms with Gasteiger partial charge in [0.25, 0.3) is 5.91 Å². The summed E-state index contributed by atoms with van der Waals surface area (Å²) in [5.41, 5.74) is 8.15. The SMILES string of the molecule is Cc1cc(-c2ncnn2C)c2cccc(OCc3c(Cl)cc(F)cc3[C@H](C)NC(=O)CC(F)(F)F)c2n1.Cc1cc(-n2ncnc2C)c2cccc(OCc3c(Cl)cc(F)cc3[C@H](C)NC(=O)C(C)F)c2n1.Cc1cc(-n2ncnc2C)c2cccc(OCc3c(Cl)cc(F)cc3[C@H](C)NC(=O)CC(F)(F)F)c2n1. The van der Waals surface area contributed by atoms with Crippen LogP contribution < -0.4 is 30.2 Å². The van der Waals surface area contributed by atoms with E-state index in [4.69, 9.17) is 49.0 Å². The average molecular weight is 1570 g/mol. The quantitative estimate of drug-likeness (QED) is 0.0566. The van der Waals surface area contributed by atoms with Gasteiger partial charge in [-0.2, -0.15) is 41.6 Å². The Bertz CT molecular complexity index is 5170. The molecule has 0 aliphatic carbocycles. The Morgan fingerprint density at radius 2 is 0.826 bits per heavy atom. The molecule has 21 nitrogen and oxygen atoms in total. The first-order chi connectivity index (χ1) is 51.5. The van der Waals surface area contributed by atoms with Gasteiger partial charge in [0, 0.05) is 62.5 Å². The molecule has 1 unspecified atom stereocenters. The van der Waals surface area contributed by atoms with E-state index in [9.17, 15) is 58.3 Å². The van der Waals surface area contributed by atoms with Gasteiger partial charge in [0.15, 0.2) is 12.0 Å². The summed E-state index contributed by atoms with van der Waals surface area (Å²) in [6.45, 7) is 14.5. The summed E-state index contributed by atoms with van der Waals surface area (Å²) in [5.74, 6) is -1.89. The highest BCUT2D eigenvalue weighted by atomic mass is 35.5. The smallest absolute Gasteiger partial charge is 0.397 e. The molecule has 3 N–H and O–H groups in total.